The summed E-state index contributed by atoms with van der Waals surface area (Å²) in [6.45, 7) is 2.04. The summed E-state index contributed by atoms with van der Waals surface area (Å²) < 4.78 is 16.2. The monoisotopic (exact) mass is 545 g/mol. The Labute approximate surface area is 231 Å². The number of aryl methyl sites for hydroxylation is 1. The number of halogens is 1. The zero-order chi connectivity index (χ0) is 27.2. The van der Waals surface area contributed by atoms with Crippen molar-refractivity contribution in [2.45, 2.75) is 6.92 Å². The summed E-state index contributed by atoms with van der Waals surface area (Å²) >= 11 is 1.64. The Morgan fingerprint density at radius 2 is 1.85 bits per heavy atom. The Balaban J connectivity index is 1.28. The van der Waals surface area contributed by atoms with Crippen molar-refractivity contribution in [2.75, 3.05) is 5.32 Å². The number of benzene rings is 2. The minimum atomic E-state index is -0.470. The lowest BCUT2D eigenvalue weighted by Crippen LogP contribution is -2.11. The molecule has 8 nitrogen and oxygen atoms in total. The summed E-state index contributed by atoms with van der Waals surface area (Å²) in [5.74, 6) is -0.312. The molecule has 0 saturated carbocycles. The zero-order valence-electron chi connectivity index (χ0n) is 21.1. The fraction of sp³-hybridized carbons (Fsp3) is 0.0333. The molecule has 5 heterocycles. The highest BCUT2D eigenvalue weighted by molar-refractivity contribution is 7.15. The van der Waals surface area contributed by atoms with Gasteiger partial charge in [0.2, 0.25) is 0 Å². The van der Waals surface area contributed by atoms with Crippen LogP contribution in [0.3, 0.4) is 0 Å². The molecule has 7 aromatic rings. The van der Waals surface area contributed by atoms with E-state index in [0.29, 0.717) is 50.3 Å². The van der Waals surface area contributed by atoms with Gasteiger partial charge in [-0.15, -0.1) is 11.3 Å². The average molecular weight is 546 g/mol. The lowest BCUT2D eigenvalue weighted by molar-refractivity contribution is 0.102. The van der Waals surface area contributed by atoms with E-state index in [2.05, 4.69) is 30.5 Å². The van der Waals surface area contributed by atoms with Crippen LogP contribution in [-0.2, 0) is 0 Å². The average Bonchev–Trinajstić information content (AvgIpc) is 3.72. The first-order valence-corrected chi connectivity index (χ1v) is 13.3. The summed E-state index contributed by atoms with van der Waals surface area (Å²) in [5.41, 5.74) is 4.95. The quantitative estimate of drug-likeness (QED) is 0.216. The van der Waals surface area contributed by atoms with Gasteiger partial charge in [0.15, 0.2) is 5.82 Å². The van der Waals surface area contributed by atoms with Gasteiger partial charge >= 0.3 is 0 Å². The molecule has 5 aromatic heterocycles. The van der Waals surface area contributed by atoms with Gasteiger partial charge in [0.25, 0.3) is 5.91 Å². The third-order valence-electron chi connectivity index (χ3n) is 6.61. The van der Waals surface area contributed by atoms with Crippen LogP contribution < -0.4 is 5.32 Å². The Morgan fingerprint density at radius 3 is 2.67 bits per heavy atom. The van der Waals surface area contributed by atoms with Crippen LogP contribution in [0, 0.1) is 12.7 Å². The lowest BCUT2D eigenvalue weighted by atomic mass is 10.0. The largest absolute Gasteiger partial charge is 0.336 e. The standard InChI is InChI=1S/C30H20FN7OS/c1-16-7-10-23(40-16)27-26-22(11-12-33-27)35-29(36-26)28-24-21(37-38-28)9-8-20(25(24)31)18-13-19(15-32-14-18)34-30(39)17-5-3-2-4-6-17/h2-15H,1H3,(H,34,39)(H,35,36)(H,37,38). The molecule has 0 aliphatic carbocycles. The zero-order valence-corrected chi connectivity index (χ0v) is 21.9. The van der Waals surface area contributed by atoms with Crippen LogP contribution in [0.2, 0.25) is 0 Å². The Kier molecular flexibility index (Phi) is 5.67. The number of fused-ring (bicyclic) bond motifs is 2. The van der Waals surface area contributed by atoms with E-state index in [4.69, 9.17) is 4.98 Å². The molecule has 0 saturated heterocycles. The summed E-state index contributed by atoms with van der Waals surface area (Å²) in [6.07, 6.45) is 4.82. The second-order valence-electron chi connectivity index (χ2n) is 9.26. The fourth-order valence-electron chi connectivity index (χ4n) is 4.71. The Bertz CT molecular complexity index is 2040. The fourth-order valence-corrected chi connectivity index (χ4v) is 5.57. The summed E-state index contributed by atoms with van der Waals surface area (Å²) in [5, 5.41) is 10.5. The molecule has 0 spiro atoms. The molecule has 0 unspecified atom stereocenters. The van der Waals surface area contributed by atoms with E-state index in [0.717, 1.165) is 16.1 Å². The first kappa shape index (κ1) is 23.9. The molecule has 0 atom stereocenters. The number of nitrogens with one attached hydrogen (secondary N) is 3. The van der Waals surface area contributed by atoms with Gasteiger partial charge in [0.05, 0.1) is 33.2 Å². The number of nitrogens with zero attached hydrogens (tertiary/aromatic N) is 4. The maximum absolute atomic E-state index is 16.2. The molecule has 0 aliphatic rings. The topological polar surface area (TPSA) is 112 Å². The molecule has 7 rings (SSSR count). The van der Waals surface area contributed by atoms with Gasteiger partial charge in [-0.05, 0) is 55.5 Å². The first-order valence-electron chi connectivity index (χ1n) is 12.5. The molecule has 0 fully saturated rings. The van der Waals surface area contributed by atoms with Crippen molar-refractivity contribution in [3.8, 4) is 33.2 Å². The highest BCUT2D eigenvalue weighted by Gasteiger charge is 2.21. The SMILES string of the molecule is Cc1ccc(-c2nccc3[nH]c(-c4n[nH]c5ccc(-c6cncc(NC(=O)c7ccccc7)c6)c(F)c45)nc23)s1. The van der Waals surface area contributed by atoms with Crippen LogP contribution in [0.5, 0.6) is 0 Å². The molecular formula is C30H20FN7OS. The van der Waals surface area contributed by atoms with Crippen molar-refractivity contribution in [1.82, 2.24) is 30.1 Å². The predicted molar refractivity (Wildman–Crippen MR) is 155 cm³/mol. The number of aromatic amines is 2. The van der Waals surface area contributed by atoms with Gasteiger partial charge < -0.3 is 10.3 Å². The van der Waals surface area contributed by atoms with Gasteiger partial charge in [0.1, 0.15) is 22.7 Å². The molecule has 1 amide bonds. The van der Waals surface area contributed by atoms with Crippen LogP contribution in [0.25, 0.3) is 55.2 Å². The van der Waals surface area contributed by atoms with E-state index in [9.17, 15) is 4.79 Å². The molecule has 0 bridgehead atoms. The highest BCUT2D eigenvalue weighted by Crippen LogP contribution is 2.36. The van der Waals surface area contributed by atoms with E-state index in [1.165, 1.54) is 11.1 Å². The Morgan fingerprint density at radius 1 is 0.975 bits per heavy atom. The number of amides is 1. The van der Waals surface area contributed by atoms with Gasteiger partial charge in [-0.1, -0.05) is 18.2 Å². The third-order valence-corrected chi connectivity index (χ3v) is 7.62. The molecule has 194 valence electrons. The summed E-state index contributed by atoms with van der Waals surface area (Å²) in [4.78, 5) is 31.7. The van der Waals surface area contributed by atoms with Gasteiger partial charge in [0, 0.05) is 34.0 Å². The number of rotatable bonds is 5. The molecule has 3 N–H and O–H groups in total. The molecule has 0 aliphatic heterocycles. The molecule has 2 aromatic carbocycles. The van der Waals surface area contributed by atoms with E-state index in [-0.39, 0.29) is 5.91 Å². The number of hydrogen-bond donors (Lipinski definition) is 3. The predicted octanol–water partition coefficient (Wildman–Crippen LogP) is 6.99. The maximum Gasteiger partial charge on any atom is 0.255 e. The number of carbonyl (C=O) groups excluding carboxylic acids is 1. The van der Waals surface area contributed by atoms with Gasteiger partial charge in [-0.3, -0.25) is 19.9 Å². The van der Waals surface area contributed by atoms with Crippen LogP contribution in [0.1, 0.15) is 15.2 Å². The van der Waals surface area contributed by atoms with Crippen molar-refractivity contribution < 1.29 is 9.18 Å². The van der Waals surface area contributed by atoms with E-state index in [1.807, 2.05) is 31.2 Å². The first-order chi connectivity index (χ1) is 19.5. The second kappa shape index (κ2) is 9.51. The summed E-state index contributed by atoms with van der Waals surface area (Å²) in [6, 6.07) is 19.9. The number of thiophene rings is 1. The lowest BCUT2D eigenvalue weighted by Gasteiger charge is -2.09. The van der Waals surface area contributed by atoms with E-state index < -0.39 is 5.82 Å². The molecule has 40 heavy (non-hydrogen) atoms. The van der Waals surface area contributed by atoms with Crippen molar-refractivity contribution >= 4 is 44.9 Å². The van der Waals surface area contributed by atoms with Crippen LogP contribution >= 0.6 is 11.3 Å². The number of carbonyl (C=O) groups is 1. The molecular weight excluding hydrogens is 525 g/mol. The number of hydrogen-bond acceptors (Lipinski definition) is 6. The number of anilines is 1. The van der Waals surface area contributed by atoms with E-state index in [1.54, 1.807) is 66.2 Å². The van der Waals surface area contributed by atoms with Crippen molar-refractivity contribution in [3.05, 3.63) is 102 Å². The third kappa shape index (κ3) is 4.11. The van der Waals surface area contributed by atoms with E-state index >= 15 is 4.39 Å². The second-order valence-corrected chi connectivity index (χ2v) is 10.5. The normalized spacial score (nSPS) is 11.3. The minimum Gasteiger partial charge on any atom is -0.336 e. The van der Waals surface area contributed by atoms with Crippen LogP contribution in [0.4, 0.5) is 10.1 Å². The minimum absolute atomic E-state index is 0.274. The summed E-state index contributed by atoms with van der Waals surface area (Å²) in [7, 11) is 0. The number of H-pyrrole nitrogens is 2. The number of aromatic nitrogens is 6. The van der Waals surface area contributed by atoms with Crippen molar-refractivity contribution in [3.63, 3.8) is 0 Å². The van der Waals surface area contributed by atoms with Crippen molar-refractivity contribution in [1.29, 1.82) is 0 Å². The number of imidazole rings is 1. The van der Waals surface area contributed by atoms with Crippen LogP contribution in [0.15, 0.2) is 85.3 Å². The highest BCUT2D eigenvalue weighted by atomic mass is 32.1. The molecule has 10 heteroatoms. The smallest absolute Gasteiger partial charge is 0.255 e. The molecule has 0 radical (unpaired) electrons. The van der Waals surface area contributed by atoms with Gasteiger partial charge in [-0.25, -0.2) is 9.37 Å². The Hall–Kier alpha value is -5.22. The van der Waals surface area contributed by atoms with Crippen molar-refractivity contribution in [2.24, 2.45) is 0 Å². The van der Waals surface area contributed by atoms with Gasteiger partial charge in [-0.2, -0.15) is 5.10 Å². The maximum atomic E-state index is 16.2. The van der Waals surface area contributed by atoms with Crippen LogP contribution in [-0.4, -0.2) is 36.0 Å². The number of pyridine rings is 2.